The second-order valence-electron chi connectivity index (χ2n) is 6.51. The van der Waals surface area contributed by atoms with Crippen molar-refractivity contribution in [3.63, 3.8) is 0 Å². The van der Waals surface area contributed by atoms with Crippen molar-refractivity contribution in [2.75, 3.05) is 18.1 Å². The van der Waals surface area contributed by atoms with E-state index in [1.807, 2.05) is 17.0 Å². The van der Waals surface area contributed by atoms with E-state index < -0.39 is 11.7 Å². The topological polar surface area (TPSA) is 47.3 Å². The Labute approximate surface area is 150 Å². The Morgan fingerprint density at radius 3 is 2.38 bits per heavy atom. The molecule has 0 spiro atoms. The van der Waals surface area contributed by atoms with Crippen LogP contribution in [0.2, 0.25) is 0 Å². The highest BCUT2D eigenvalue weighted by Gasteiger charge is 2.32. The third kappa shape index (κ3) is 3.68. The molecule has 3 nitrogen and oxygen atoms in total. The number of benzene rings is 2. The number of nitriles is 1. The van der Waals surface area contributed by atoms with Gasteiger partial charge in [0.15, 0.2) is 0 Å². The molecule has 2 aromatic carbocycles. The molecular formula is C20H19F3N2O. The number of aliphatic hydroxyl groups excluding tert-OH is 1. The quantitative estimate of drug-likeness (QED) is 0.887. The number of rotatable bonds is 3. The molecule has 1 aliphatic heterocycles. The standard InChI is InChI=1S/C20H19F3N2O/c21-20(22,23)17-8-5-14(6-9-17)16-7-10-18(13-26)25(12-16)19-4-2-1-3-15(19)11-24/h1-6,8-9,16,18,26H,7,10,12-13H2. The van der Waals surface area contributed by atoms with Crippen LogP contribution in [-0.4, -0.2) is 24.3 Å². The highest BCUT2D eigenvalue weighted by Crippen LogP contribution is 2.36. The average Bonchev–Trinajstić information content (AvgIpc) is 2.67. The van der Waals surface area contributed by atoms with E-state index in [2.05, 4.69) is 6.07 Å². The molecule has 136 valence electrons. The van der Waals surface area contributed by atoms with E-state index in [0.29, 0.717) is 18.5 Å². The van der Waals surface area contributed by atoms with Crippen molar-refractivity contribution in [2.45, 2.75) is 31.0 Å². The number of piperidine rings is 1. The van der Waals surface area contributed by atoms with Crippen LogP contribution >= 0.6 is 0 Å². The lowest BCUT2D eigenvalue weighted by atomic mass is 9.86. The monoisotopic (exact) mass is 360 g/mol. The molecule has 0 aliphatic carbocycles. The van der Waals surface area contributed by atoms with Gasteiger partial charge in [0.05, 0.1) is 29.5 Å². The first-order chi connectivity index (χ1) is 12.4. The summed E-state index contributed by atoms with van der Waals surface area (Å²) in [5, 5.41) is 19.1. The summed E-state index contributed by atoms with van der Waals surface area (Å²) in [7, 11) is 0. The Balaban J connectivity index is 1.87. The lowest BCUT2D eigenvalue weighted by Gasteiger charge is -2.41. The van der Waals surface area contributed by atoms with Gasteiger partial charge in [-0.3, -0.25) is 0 Å². The number of halogens is 3. The van der Waals surface area contributed by atoms with E-state index in [9.17, 15) is 23.5 Å². The van der Waals surface area contributed by atoms with Crippen LogP contribution in [-0.2, 0) is 6.18 Å². The predicted octanol–water partition coefficient (Wildman–Crippen LogP) is 4.32. The average molecular weight is 360 g/mol. The largest absolute Gasteiger partial charge is 0.416 e. The molecule has 26 heavy (non-hydrogen) atoms. The Morgan fingerprint density at radius 2 is 1.77 bits per heavy atom. The third-order valence-corrected chi connectivity index (χ3v) is 4.96. The highest BCUT2D eigenvalue weighted by atomic mass is 19.4. The fourth-order valence-corrected chi connectivity index (χ4v) is 3.55. The fourth-order valence-electron chi connectivity index (χ4n) is 3.55. The molecule has 0 aromatic heterocycles. The first-order valence-corrected chi connectivity index (χ1v) is 8.48. The summed E-state index contributed by atoms with van der Waals surface area (Å²) < 4.78 is 38.3. The van der Waals surface area contributed by atoms with E-state index in [4.69, 9.17) is 0 Å². The van der Waals surface area contributed by atoms with Crippen LogP contribution in [0, 0.1) is 11.3 Å². The zero-order chi connectivity index (χ0) is 18.7. The SMILES string of the molecule is N#Cc1ccccc1N1CC(c2ccc(C(F)(F)F)cc2)CCC1CO. The Hall–Kier alpha value is -2.52. The van der Waals surface area contributed by atoms with Crippen LogP contribution in [0.1, 0.15) is 35.4 Å². The normalized spacial score (nSPS) is 20.7. The smallest absolute Gasteiger partial charge is 0.394 e. The molecule has 1 aliphatic rings. The van der Waals surface area contributed by atoms with Gasteiger partial charge in [0.2, 0.25) is 0 Å². The van der Waals surface area contributed by atoms with Gasteiger partial charge in [-0.05, 0) is 42.7 Å². The fraction of sp³-hybridized carbons (Fsp3) is 0.350. The van der Waals surface area contributed by atoms with Crippen LogP contribution in [0.15, 0.2) is 48.5 Å². The molecule has 0 amide bonds. The number of alkyl halides is 3. The van der Waals surface area contributed by atoms with Gasteiger partial charge in [0.1, 0.15) is 6.07 Å². The number of aliphatic hydroxyl groups is 1. The van der Waals surface area contributed by atoms with Gasteiger partial charge in [-0.15, -0.1) is 0 Å². The lowest BCUT2D eigenvalue weighted by molar-refractivity contribution is -0.137. The van der Waals surface area contributed by atoms with Crippen molar-refractivity contribution in [3.05, 3.63) is 65.2 Å². The minimum absolute atomic E-state index is 0.0283. The molecule has 2 aromatic rings. The highest BCUT2D eigenvalue weighted by molar-refractivity contribution is 5.60. The summed E-state index contributed by atoms with van der Waals surface area (Å²) in [6, 6.07) is 14.5. The van der Waals surface area contributed by atoms with Crippen molar-refractivity contribution < 1.29 is 18.3 Å². The van der Waals surface area contributed by atoms with Crippen molar-refractivity contribution in [2.24, 2.45) is 0 Å². The maximum atomic E-state index is 12.8. The summed E-state index contributed by atoms with van der Waals surface area (Å²) in [6.07, 6.45) is -2.85. The van der Waals surface area contributed by atoms with Gasteiger partial charge < -0.3 is 10.0 Å². The Bertz CT molecular complexity index is 796. The van der Waals surface area contributed by atoms with Crippen LogP contribution in [0.3, 0.4) is 0 Å². The minimum atomic E-state index is -4.34. The number of hydrogen-bond donors (Lipinski definition) is 1. The lowest BCUT2D eigenvalue weighted by Crippen LogP contribution is -2.45. The zero-order valence-corrected chi connectivity index (χ0v) is 14.1. The minimum Gasteiger partial charge on any atom is -0.394 e. The van der Waals surface area contributed by atoms with Gasteiger partial charge in [-0.2, -0.15) is 18.4 Å². The molecule has 1 fully saturated rings. The van der Waals surface area contributed by atoms with Crippen LogP contribution < -0.4 is 4.90 Å². The summed E-state index contributed by atoms with van der Waals surface area (Å²) in [4.78, 5) is 2.00. The van der Waals surface area contributed by atoms with E-state index in [0.717, 1.165) is 29.8 Å². The summed E-state index contributed by atoms with van der Waals surface area (Å²) in [5.41, 5.74) is 1.47. The van der Waals surface area contributed by atoms with Gasteiger partial charge in [0.25, 0.3) is 0 Å². The molecule has 3 rings (SSSR count). The Kier molecular flexibility index (Phi) is 5.19. The first-order valence-electron chi connectivity index (χ1n) is 8.48. The second kappa shape index (κ2) is 7.38. The van der Waals surface area contributed by atoms with Crippen molar-refractivity contribution in [1.29, 1.82) is 5.26 Å². The maximum absolute atomic E-state index is 12.8. The van der Waals surface area contributed by atoms with Gasteiger partial charge in [0, 0.05) is 12.5 Å². The molecule has 0 bridgehead atoms. The molecule has 2 atom stereocenters. The Morgan fingerprint density at radius 1 is 1.08 bits per heavy atom. The van der Waals surface area contributed by atoms with E-state index in [1.54, 1.807) is 12.1 Å². The molecule has 0 radical (unpaired) electrons. The number of para-hydroxylation sites is 1. The number of hydrogen-bond acceptors (Lipinski definition) is 3. The number of anilines is 1. The van der Waals surface area contributed by atoms with Gasteiger partial charge >= 0.3 is 6.18 Å². The molecular weight excluding hydrogens is 341 g/mol. The second-order valence-corrected chi connectivity index (χ2v) is 6.51. The van der Waals surface area contributed by atoms with Crippen LogP contribution in [0.25, 0.3) is 0 Å². The van der Waals surface area contributed by atoms with Crippen LogP contribution in [0.4, 0.5) is 18.9 Å². The van der Waals surface area contributed by atoms with Crippen LogP contribution in [0.5, 0.6) is 0 Å². The third-order valence-electron chi connectivity index (χ3n) is 4.96. The number of nitrogens with zero attached hydrogens (tertiary/aromatic N) is 2. The summed E-state index contributed by atoms with van der Waals surface area (Å²) >= 11 is 0. The molecule has 0 saturated carbocycles. The van der Waals surface area contributed by atoms with Gasteiger partial charge in [-0.25, -0.2) is 0 Å². The van der Waals surface area contributed by atoms with Gasteiger partial charge in [-0.1, -0.05) is 24.3 Å². The molecule has 1 heterocycles. The van der Waals surface area contributed by atoms with E-state index in [1.165, 1.54) is 12.1 Å². The van der Waals surface area contributed by atoms with Crippen molar-refractivity contribution in [1.82, 2.24) is 0 Å². The van der Waals surface area contributed by atoms with E-state index in [-0.39, 0.29) is 18.6 Å². The molecule has 1 saturated heterocycles. The summed E-state index contributed by atoms with van der Waals surface area (Å²) in [5.74, 6) is 0.0480. The molecule has 2 unspecified atom stereocenters. The molecule has 1 N–H and O–H groups in total. The summed E-state index contributed by atoms with van der Waals surface area (Å²) in [6.45, 7) is 0.523. The molecule has 6 heteroatoms. The maximum Gasteiger partial charge on any atom is 0.416 e. The van der Waals surface area contributed by atoms with Crippen molar-refractivity contribution in [3.8, 4) is 6.07 Å². The predicted molar refractivity (Wildman–Crippen MR) is 92.8 cm³/mol. The van der Waals surface area contributed by atoms with Crippen molar-refractivity contribution >= 4 is 5.69 Å². The first kappa shape index (κ1) is 18.3. The van der Waals surface area contributed by atoms with E-state index >= 15 is 0 Å². The zero-order valence-electron chi connectivity index (χ0n) is 14.1.